The van der Waals surface area contributed by atoms with Crippen molar-refractivity contribution >= 4 is 0 Å². The molecule has 0 saturated heterocycles. The number of rotatable bonds is 6. The van der Waals surface area contributed by atoms with Crippen LogP contribution in [0.2, 0.25) is 0 Å². The summed E-state index contributed by atoms with van der Waals surface area (Å²) in [5.74, 6) is 3.59. The van der Waals surface area contributed by atoms with Crippen molar-refractivity contribution in [3.05, 3.63) is 89.1 Å². The fourth-order valence-corrected chi connectivity index (χ4v) is 4.47. The van der Waals surface area contributed by atoms with E-state index in [1.165, 1.54) is 24.5 Å². The van der Waals surface area contributed by atoms with E-state index >= 15 is 0 Å². The Bertz CT molecular complexity index is 1290. The van der Waals surface area contributed by atoms with Gasteiger partial charge in [-0.15, -0.1) is 0 Å². The molecular formula is C27H23FN2O3. The Kier molecular flexibility index (Phi) is 4.86. The van der Waals surface area contributed by atoms with Crippen LogP contribution >= 0.6 is 0 Å². The van der Waals surface area contributed by atoms with Crippen molar-refractivity contribution in [1.82, 2.24) is 10.1 Å². The summed E-state index contributed by atoms with van der Waals surface area (Å²) in [5.41, 5.74) is 3.66. The van der Waals surface area contributed by atoms with Gasteiger partial charge >= 0.3 is 0 Å². The van der Waals surface area contributed by atoms with E-state index < -0.39 is 0 Å². The maximum absolute atomic E-state index is 14.8. The molecule has 0 spiro atoms. The molecule has 33 heavy (non-hydrogen) atoms. The van der Waals surface area contributed by atoms with E-state index in [1.807, 2.05) is 36.4 Å². The van der Waals surface area contributed by atoms with Crippen LogP contribution in [-0.4, -0.2) is 10.1 Å². The number of halogens is 1. The van der Waals surface area contributed by atoms with Gasteiger partial charge in [0.2, 0.25) is 11.7 Å². The van der Waals surface area contributed by atoms with Crippen LogP contribution < -0.4 is 9.47 Å². The maximum atomic E-state index is 14.8. The average molecular weight is 442 g/mol. The molecular weight excluding hydrogens is 419 g/mol. The van der Waals surface area contributed by atoms with E-state index in [0.717, 1.165) is 16.9 Å². The fourth-order valence-electron chi connectivity index (χ4n) is 4.47. The molecule has 1 unspecified atom stereocenters. The molecule has 1 atom stereocenters. The topological polar surface area (TPSA) is 57.4 Å². The third kappa shape index (κ3) is 3.97. The molecule has 6 rings (SSSR count). The van der Waals surface area contributed by atoms with Gasteiger partial charge in [0.25, 0.3) is 0 Å². The van der Waals surface area contributed by atoms with Crippen molar-refractivity contribution in [3.8, 4) is 28.6 Å². The predicted octanol–water partition coefficient (Wildman–Crippen LogP) is 6.92. The minimum absolute atomic E-state index is 0.253. The Balaban J connectivity index is 1.21. The summed E-state index contributed by atoms with van der Waals surface area (Å²) >= 11 is 0. The predicted molar refractivity (Wildman–Crippen MR) is 121 cm³/mol. The summed E-state index contributed by atoms with van der Waals surface area (Å²) in [4.78, 5) is 4.24. The highest BCUT2D eigenvalue weighted by Gasteiger charge is 2.31. The van der Waals surface area contributed by atoms with E-state index in [-0.39, 0.29) is 11.9 Å². The molecule has 0 aliphatic heterocycles. The van der Waals surface area contributed by atoms with Crippen LogP contribution in [0.1, 0.15) is 53.9 Å². The second kappa shape index (κ2) is 8.03. The molecule has 0 N–H and O–H groups in total. The Hall–Kier alpha value is -3.67. The maximum Gasteiger partial charge on any atom is 0.223 e. The summed E-state index contributed by atoms with van der Waals surface area (Å²) in [6, 6.07) is 18.8. The molecule has 0 bridgehead atoms. The largest absolute Gasteiger partial charge is 0.486 e. The monoisotopic (exact) mass is 442 g/mol. The molecule has 0 amide bonds. The summed E-state index contributed by atoms with van der Waals surface area (Å²) in [5, 5.41) is 3.93. The first-order chi connectivity index (χ1) is 16.1. The van der Waals surface area contributed by atoms with Crippen molar-refractivity contribution in [2.24, 2.45) is 0 Å². The molecule has 3 aromatic carbocycles. The molecule has 1 saturated carbocycles. The first-order valence-electron chi connectivity index (χ1n) is 11.3. The molecule has 1 heterocycles. The lowest BCUT2D eigenvalue weighted by Crippen LogP contribution is -2.06. The Morgan fingerprint density at radius 1 is 0.909 bits per heavy atom. The Morgan fingerprint density at radius 3 is 2.36 bits per heavy atom. The molecule has 2 aliphatic rings. The number of aromatic nitrogens is 2. The molecule has 5 nitrogen and oxygen atoms in total. The quantitative estimate of drug-likeness (QED) is 0.324. The lowest BCUT2D eigenvalue weighted by atomic mass is 10.1. The number of ether oxygens (including phenoxy) is 2. The third-order valence-electron chi connectivity index (χ3n) is 6.31. The average Bonchev–Trinajstić information content (AvgIpc) is 3.45. The molecule has 2 aliphatic carbocycles. The molecule has 166 valence electrons. The zero-order chi connectivity index (χ0) is 22.4. The van der Waals surface area contributed by atoms with Gasteiger partial charge in [-0.2, -0.15) is 4.98 Å². The zero-order valence-corrected chi connectivity index (χ0v) is 18.3. The van der Waals surface area contributed by atoms with E-state index in [9.17, 15) is 4.39 Å². The van der Waals surface area contributed by atoms with Crippen LogP contribution in [0.15, 0.2) is 65.2 Å². The van der Waals surface area contributed by atoms with Gasteiger partial charge in [0, 0.05) is 23.6 Å². The number of hydrogen-bond donors (Lipinski definition) is 0. The van der Waals surface area contributed by atoms with Crippen molar-refractivity contribution in [1.29, 1.82) is 0 Å². The van der Waals surface area contributed by atoms with Crippen molar-refractivity contribution in [3.63, 3.8) is 0 Å². The number of benzene rings is 3. The summed E-state index contributed by atoms with van der Waals surface area (Å²) in [7, 11) is 0. The summed E-state index contributed by atoms with van der Waals surface area (Å²) < 4.78 is 32.2. The second-order valence-electron chi connectivity index (χ2n) is 8.69. The molecule has 4 aromatic rings. The van der Waals surface area contributed by atoms with E-state index in [2.05, 4.69) is 22.3 Å². The van der Waals surface area contributed by atoms with E-state index in [4.69, 9.17) is 14.0 Å². The normalized spacial score (nSPS) is 17.1. The van der Waals surface area contributed by atoms with Gasteiger partial charge in [0.05, 0.1) is 0 Å². The molecule has 1 fully saturated rings. The molecule has 1 aromatic heterocycles. The number of fused-ring (bicyclic) bond motifs is 1. The first kappa shape index (κ1) is 20.0. The smallest absolute Gasteiger partial charge is 0.223 e. The van der Waals surface area contributed by atoms with Crippen molar-refractivity contribution in [2.45, 2.75) is 44.6 Å². The lowest BCUT2D eigenvalue weighted by Gasteiger charge is -2.17. The Morgan fingerprint density at radius 2 is 1.67 bits per heavy atom. The van der Waals surface area contributed by atoms with Gasteiger partial charge in [0.15, 0.2) is 0 Å². The van der Waals surface area contributed by atoms with Crippen LogP contribution in [0.3, 0.4) is 0 Å². The number of hydrogen-bond acceptors (Lipinski definition) is 5. The summed E-state index contributed by atoms with van der Waals surface area (Å²) in [6.07, 6.45) is 3.63. The summed E-state index contributed by atoms with van der Waals surface area (Å²) in [6.45, 7) is 1.75. The highest BCUT2D eigenvalue weighted by atomic mass is 19.1. The van der Waals surface area contributed by atoms with E-state index in [0.29, 0.717) is 47.5 Å². The standard InChI is InChI=1S/C27H23FN2O3/c1-16-29-27(30-33-16)19-6-10-20(11-7-19)31-24-15-13-23(28)26-22(24)12-14-25(26)32-21-8-4-18(5-9-21)17-2-3-17/h4-11,13,15,17,25H,2-3,12,14H2,1H3. The van der Waals surface area contributed by atoms with Crippen LogP contribution in [-0.2, 0) is 6.42 Å². The van der Waals surface area contributed by atoms with Gasteiger partial charge in [-0.1, -0.05) is 17.3 Å². The van der Waals surface area contributed by atoms with Gasteiger partial charge in [-0.05, 0) is 85.7 Å². The van der Waals surface area contributed by atoms with Gasteiger partial charge in [-0.25, -0.2) is 4.39 Å². The second-order valence-corrected chi connectivity index (χ2v) is 8.69. The molecule has 6 heteroatoms. The minimum atomic E-state index is -0.320. The third-order valence-corrected chi connectivity index (χ3v) is 6.31. The van der Waals surface area contributed by atoms with Gasteiger partial charge in [0.1, 0.15) is 29.2 Å². The van der Waals surface area contributed by atoms with Gasteiger partial charge < -0.3 is 14.0 Å². The van der Waals surface area contributed by atoms with Crippen LogP contribution in [0, 0.1) is 12.7 Å². The van der Waals surface area contributed by atoms with E-state index in [1.54, 1.807) is 13.0 Å². The van der Waals surface area contributed by atoms with Crippen molar-refractivity contribution < 1.29 is 18.4 Å². The number of nitrogens with zero attached hydrogens (tertiary/aromatic N) is 2. The van der Waals surface area contributed by atoms with Crippen LogP contribution in [0.25, 0.3) is 11.4 Å². The zero-order valence-electron chi connectivity index (χ0n) is 18.3. The Labute approximate surface area is 191 Å². The molecule has 0 radical (unpaired) electrons. The van der Waals surface area contributed by atoms with Gasteiger partial charge in [-0.3, -0.25) is 0 Å². The van der Waals surface area contributed by atoms with Crippen LogP contribution in [0.4, 0.5) is 4.39 Å². The highest BCUT2D eigenvalue weighted by Crippen LogP contribution is 2.44. The highest BCUT2D eigenvalue weighted by molar-refractivity contribution is 5.56. The number of aryl methyl sites for hydroxylation is 1. The lowest BCUT2D eigenvalue weighted by molar-refractivity contribution is 0.203. The SMILES string of the molecule is Cc1nc(-c2ccc(Oc3ccc(F)c4c3CCC4Oc3ccc(C4CC4)cc3)cc2)no1. The first-order valence-corrected chi connectivity index (χ1v) is 11.3. The van der Waals surface area contributed by atoms with Crippen molar-refractivity contribution in [2.75, 3.05) is 0 Å². The fraction of sp³-hybridized carbons (Fsp3) is 0.259. The van der Waals surface area contributed by atoms with Crippen LogP contribution in [0.5, 0.6) is 17.2 Å². The minimum Gasteiger partial charge on any atom is -0.486 e.